The monoisotopic (exact) mass is 512 g/mol. The molecular formula is C25H18Cl2N2O6. The van der Waals surface area contributed by atoms with E-state index in [0.29, 0.717) is 35.1 Å². The molecule has 0 unspecified atom stereocenters. The molecule has 8 nitrogen and oxygen atoms in total. The Labute approximate surface area is 210 Å². The first kappa shape index (κ1) is 24.3. The molecule has 35 heavy (non-hydrogen) atoms. The average Bonchev–Trinajstić information content (AvgIpc) is 3.20. The van der Waals surface area contributed by atoms with Crippen LogP contribution in [-0.2, 0) is 16.0 Å². The molecule has 0 fully saturated rings. The molecule has 0 N–H and O–H groups in total. The number of nitro benzene ring substituents is 1. The molecule has 0 aliphatic carbocycles. The molecule has 0 atom stereocenters. The van der Waals surface area contributed by atoms with E-state index in [9.17, 15) is 14.9 Å². The Morgan fingerprint density at radius 1 is 1.09 bits per heavy atom. The van der Waals surface area contributed by atoms with E-state index >= 15 is 0 Å². The van der Waals surface area contributed by atoms with Crippen LogP contribution in [-0.4, -0.2) is 30.5 Å². The fraction of sp³-hybridized carbons (Fsp3) is 0.120. The highest BCUT2D eigenvalue weighted by Gasteiger charge is 2.27. The van der Waals surface area contributed by atoms with Gasteiger partial charge in [0.2, 0.25) is 5.90 Å². The molecular weight excluding hydrogens is 495 g/mol. The molecule has 0 aromatic heterocycles. The summed E-state index contributed by atoms with van der Waals surface area (Å²) in [5.41, 5.74) is 1.54. The maximum absolute atomic E-state index is 12.4. The van der Waals surface area contributed by atoms with Gasteiger partial charge in [0.15, 0.2) is 17.2 Å². The van der Waals surface area contributed by atoms with Crippen molar-refractivity contribution in [1.29, 1.82) is 0 Å². The second-order valence-corrected chi connectivity index (χ2v) is 8.19. The first-order valence-electron chi connectivity index (χ1n) is 10.4. The molecule has 0 saturated heterocycles. The lowest BCUT2D eigenvalue weighted by Gasteiger charge is -2.13. The quantitative estimate of drug-likeness (QED) is 0.162. The average molecular weight is 513 g/mol. The minimum Gasteiger partial charge on any atom is -0.493 e. The third-order valence-corrected chi connectivity index (χ3v) is 5.66. The summed E-state index contributed by atoms with van der Waals surface area (Å²) in [4.78, 5) is 27.1. The molecule has 1 aliphatic heterocycles. The number of non-ortho nitro benzene ring substituents is 1. The number of hydrogen-bond donors (Lipinski definition) is 0. The van der Waals surface area contributed by atoms with Crippen LogP contribution in [0.4, 0.5) is 5.69 Å². The first-order valence-corrected chi connectivity index (χ1v) is 11.1. The van der Waals surface area contributed by atoms with Crippen molar-refractivity contribution in [3.63, 3.8) is 0 Å². The van der Waals surface area contributed by atoms with Gasteiger partial charge in [-0.3, -0.25) is 10.1 Å². The van der Waals surface area contributed by atoms with E-state index in [4.69, 9.17) is 37.4 Å². The highest BCUT2D eigenvalue weighted by Crippen LogP contribution is 2.37. The number of ether oxygens (including phenoxy) is 3. The first-order chi connectivity index (χ1) is 16.9. The SMILES string of the molecule is COc1cc(/C=C2\N=C(c3cc([N+](=O)[O-])ccc3Cl)OC2=O)cc(Cl)c1OCCc1ccccc1. The van der Waals surface area contributed by atoms with Crippen LogP contribution in [0, 0.1) is 10.1 Å². The molecule has 10 heteroatoms. The van der Waals surface area contributed by atoms with Crippen molar-refractivity contribution in [3.8, 4) is 11.5 Å². The largest absolute Gasteiger partial charge is 0.493 e. The molecule has 0 spiro atoms. The number of halogens is 2. The maximum Gasteiger partial charge on any atom is 0.363 e. The standard InChI is InChI=1S/C25H18Cl2N2O6/c1-33-22-13-16(11-20(27)23(22)34-10-9-15-5-3-2-4-6-15)12-21-25(30)35-24(28-21)18-14-17(29(31)32)7-8-19(18)26/h2-8,11-14H,9-10H2,1H3/b21-12-. The molecule has 178 valence electrons. The third-order valence-electron chi connectivity index (χ3n) is 5.05. The Kier molecular flexibility index (Phi) is 7.33. The van der Waals surface area contributed by atoms with E-state index in [1.807, 2.05) is 30.3 Å². The summed E-state index contributed by atoms with van der Waals surface area (Å²) >= 11 is 12.6. The van der Waals surface area contributed by atoms with Gasteiger partial charge in [0.05, 0.1) is 34.2 Å². The molecule has 3 aromatic rings. The zero-order valence-corrected chi connectivity index (χ0v) is 19.9. The summed E-state index contributed by atoms with van der Waals surface area (Å²) in [6, 6.07) is 16.9. The van der Waals surface area contributed by atoms with Gasteiger partial charge in [-0.2, -0.15) is 0 Å². The normalized spacial score (nSPS) is 14.0. The van der Waals surface area contributed by atoms with Gasteiger partial charge >= 0.3 is 5.97 Å². The van der Waals surface area contributed by atoms with Crippen LogP contribution in [0.15, 0.2) is 71.4 Å². The third kappa shape index (κ3) is 5.62. The van der Waals surface area contributed by atoms with Crippen molar-refractivity contribution in [2.75, 3.05) is 13.7 Å². The Balaban J connectivity index is 1.57. The minimum absolute atomic E-state index is 0.0292. The van der Waals surface area contributed by atoms with Crippen molar-refractivity contribution in [1.82, 2.24) is 0 Å². The smallest absolute Gasteiger partial charge is 0.363 e. The summed E-state index contributed by atoms with van der Waals surface area (Å²) in [5.74, 6) is -0.0988. The number of carbonyl (C=O) groups is 1. The van der Waals surface area contributed by atoms with E-state index in [-0.39, 0.29) is 27.9 Å². The second-order valence-electron chi connectivity index (χ2n) is 7.38. The summed E-state index contributed by atoms with van der Waals surface area (Å²) in [5, 5.41) is 11.5. The van der Waals surface area contributed by atoms with Gasteiger partial charge in [0, 0.05) is 18.6 Å². The van der Waals surface area contributed by atoms with E-state index < -0.39 is 10.9 Å². The van der Waals surface area contributed by atoms with Crippen molar-refractivity contribution in [2.45, 2.75) is 6.42 Å². The van der Waals surface area contributed by atoms with Gasteiger partial charge in [-0.05, 0) is 35.4 Å². The highest BCUT2D eigenvalue weighted by molar-refractivity contribution is 6.34. The topological polar surface area (TPSA) is 100 Å². The number of nitrogens with zero attached hydrogens (tertiary/aromatic N) is 2. The molecule has 4 rings (SSSR count). The van der Waals surface area contributed by atoms with E-state index in [2.05, 4.69) is 4.99 Å². The molecule has 1 aliphatic rings. The van der Waals surface area contributed by atoms with Crippen molar-refractivity contribution in [2.24, 2.45) is 4.99 Å². The van der Waals surface area contributed by atoms with Crippen molar-refractivity contribution >= 4 is 46.8 Å². The zero-order chi connectivity index (χ0) is 24.9. The van der Waals surface area contributed by atoms with Gasteiger partial charge < -0.3 is 14.2 Å². The predicted octanol–water partition coefficient (Wildman–Crippen LogP) is 5.88. The van der Waals surface area contributed by atoms with Crippen LogP contribution in [0.5, 0.6) is 11.5 Å². The van der Waals surface area contributed by atoms with Crippen LogP contribution >= 0.6 is 23.2 Å². The number of esters is 1. The Hall–Kier alpha value is -3.88. The molecule has 0 amide bonds. The highest BCUT2D eigenvalue weighted by atomic mass is 35.5. The van der Waals surface area contributed by atoms with Crippen LogP contribution in [0.3, 0.4) is 0 Å². The van der Waals surface area contributed by atoms with Crippen molar-refractivity contribution in [3.05, 3.63) is 103 Å². The fourth-order valence-electron chi connectivity index (χ4n) is 3.35. The number of benzene rings is 3. The summed E-state index contributed by atoms with van der Waals surface area (Å²) in [6.07, 6.45) is 2.15. The van der Waals surface area contributed by atoms with Gasteiger partial charge in [0.25, 0.3) is 5.69 Å². The number of aliphatic imine (C=N–C) groups is 1. The predicted molar refractivity (Wildman–Crippen MR) is 132 cm³/mol. The lowest BCUT2D eigenvalue weighted by molar-refractivity contribution is -0.384. The van der Waals surface area contributed by atoms with Gasteiger partial charge in [0.1, 0.15) is 0 Å². The lowest BCUT2D eigenvalue weighted by atomic mass is 10.1. The molecule has 0 radical (unpaired) electrons. The van der Waals surface area contributed by atoms with Crippen LogP contribution < -0.4 is 9.47 Å². The molecule has 3 aromatic carbocycles. The second kappa shape index (κ2) is 10.6. The number of cyclic esters (lactones) is 1. The number of methoxy groups -OCH3 is 1. The summed E-state index contributed by atoms with van der Waals surface area (Å²) in [6.45, 7) is 0.393. The fourth-order valence-corrected chi connectivity index (χ4v) is 3.82. The summed E-state index contributed by atoms with van der Waals surface area (Å²) < 4.78 is 16.5. The van der Waals surface area contributed by atoms with E-state index in [1.165, 1.54) is 31.4 Å². The number of hydrogen-bond acceptors (Lipinski definition) is 7. The van der Waals surface area contributed by atoms with Gasteiger partial charge in [-0.15, -0.1) is 0 Å². The van der Waals surface area contributed by atoms with Crippen LogP contribution in [0.1, 0.15) is 16.7 Å². The molecule has 0 saturated carbocycles. The Bertz CT molecular complexity index is 1360. The Morgan fingerprint density at radius 2 is 1.86 bits per heavy atom. The maximum atomic E-state index is 12.4. The number of rotatable bonds is 8. The van der Waals surface area contributed by atoms with E-state index in [0.717, 1.165) is 5.56 Å². The van der Waals surface area contributed by atoms with Crippen LogP contribution in [0.2, 0.25) is 10.0 Å². The van der Waals surface area contributed by atoms with Gasteiger partial charge in [-0.25, -0.2) is 9.79 Å². The van der Waals surface area contributed by atoms with E-state index in [1.54, 1.807) is 12.1 Å². The molecule has 1 heterocycles. The molecule has 0 bridgehead atoms. The summed E-state index contributed by atoms with van der Waals surface area (Å²) in [7, 11) is 1.48. The van der Waals surface area contributed by atoms with Crippen molar-refractivity contribution < 1.29 is 23.9 Å². The number of nitro groups is 1. The Morgan fingerprint density at radius 3 is 2.57 bits per heavy atom. The van der Waals surface area contributed by atoms with Crippen LogP contribution in [0.25, 0.3) is 6.08 Å². The number of carbonyl (C=O) groups excluding carboxylic acids is 1. The minimum atomic E-state index is -0.735. The van der Waals surface area contributed by atoms with Gasteiger partial charge in [-0.1, -0.05) is 53.5 Å². The lowest BCUT2D eigenvalue weighted by Crippen LogP contribution is -2.06. The zero-order valence-electron chi connectivity index (χ0n) is 18.4.